The molecule has 0 saturated carbocycles. The molecule has 0 radical (unpaired) electrons. The van der Waals surface area contributed by atoms with Crippen LogP contribution in [0.15, 0.2) is 12.7 Å². The number of amides is 1. The van der Waals surface area contributed by atoms with Crippen LogP contribution in [0.3, 0.4) is 0 Å². The van der Waals surface area contributed by atoms with Gasteiger partial charge in [-0.15, -0.1) is 6.58 Å². The molecule has 0 heterocycles. The second-order valence-electron chi connectivity index (χ2n) is 7.24. The minimum atomic E-state index is -1.08. The highest BCUT2D eigenvalue weighted by molar-refractivity contribution is 5.82. The summed E-state index contributed by atoms with van der Waals surface area (Å²) in [5, 5.41) is 14.1. The molecule has 2 unspecified atom stereocenters. The first kappa shape index (κ1) is 32.9. The van der Waals surface area contributed by atoms with Gasteiger partial charge >= 0.3 is 5.97 Å². The zero-order valence-corrected chi connectivity index (χ0v) is 20.0. The summed E-state index contributed by atoms with van der Waals surface area (Å²) in [4.78, 5) is 32.0. The first-order valence-corrected chi connectivity index (χ1v) is 10.5. The van der Waals surface area contributed by atoms with Crippen LogP contribution in [0.25, 0.3) is 0 Å². The predicted octanol–water partition coefficient (Wildman–Crippen LogP) is 2.67. The minimum absolute atomic E-state index is 0.251. The van der Waals surface area contributed by atoms with Gasteiger partial charge in [-0.3, -0.25) is 4.79 Å². The Bertz CT molecular complexity index is 455. The van der Waals surface area contributed by atoms with Crippen molar-refractivity contribution in [3.63, 3.8) is 0 Å². The van der Waals surface area contributed by atoms with Gasteiger partial charge < -0.3 is 30.0 Å². The van der Waals surface area contributed by atoms with Gasteiger partial charge in [0.15, 0.2) is 0 Å². The zero-order chi connectivity index (χ0) is 24.0. The van der Waals surface area contributed by atoms with E-state index in [2.05, 4.69) is 24.1 Å². The third kappa shape index (κ3) is 24.3. The molecule has 0 bridgehead atoms. The van der Waals surface area contributed by atoms with E-state index in [-0.39, 0.29) is 12.3 Å². The van der Waals surface area contributed by atoms with Crippen molar-refractivity contribution < 1.29 is 29.0 Å². The minimum Gasteiger partial charge on any atom is -0.480 e. The summed E-state index contributed by atoms with van der Waals surface area (Å²) in [6.07, 6.45) is 3.36. The maximum absolute atomic E-state index is 10.7. The number of nitrogens with one attached hydrogen (secondary N) is 2. The van der Waals surface area contributed by atoms with Crippen molar-refractivity contribution in [2.75, 3.05) is 40.0 Å². The van der Waals surface area contributed by atoms with Crippen LogP contribution in [-0.4, -0.2) is 69.3 Å². The van der Waals surface area contributed by atoms with E-state index in [4.69, 9.17) is 14.6 Å². The molecule has 0 saturated heterocycles. The lowest BCUT2D eigenvalue weighted by Crippen LogP contribution is -2.40. The van der Waals surface area contributed by atoms with Gasteiger partial charge in [0.05, 0.1) is 26.4 Å². The van der Waals surface area contributed by atoms with Gasteiger partial charge in [0, 0.05) is 18.9 Å². The third-order valence-electron chi connectivity index (χ3n) is 3.72. The number of hydrogen-bond acceptors (Lipinski definition) is 6. The van der Waals surface area contributed by atoms with Crippen LogP contribution in [-0.2, 0) is 23.9 Å². The summed E-state index contributed by atoms with van der Waals surface area (Å²) in [7, 11) is 1.91. The monoisotopic (exact) mass is 432 g/mol. The SMILES string of the molecule is C=CC(C)COCCOCCNC.CC.CC(=O)NC(CCC(C)(C)C=O)C(=O)O. The lowest BCUT2D eigenvalue weighted by Gasteiger charge is -2.19. The van der Waals surface area contributed by atoms with Gasteiger partial charge in [0.2, 0.25) is 5.91 Å². The number of aldehydes is 1. The van der Waals surface area contributed by atoms with E-state index < -0.39 is 17.4 Å². The van der Waals surface area contributed by atoms with E-state index in [1.165, 1.54) is 6.92 Å². The van der Waals surface area contributed by atoms with Crippen LogP contribution in [0.4, 0.5) is 0 Å². The second-order valence-corrected chi connectivity index (χ2v) is 7.24. The van der Waals surface area contributed by atoms with Crippen LogP contribution in [0.1, 0.15) is 54.4 Å². The van der Waals surface area contributed by atoms with Gasteiger partial charge in [-0.05, 0) is 25.8 Å². The van der Waals surface area contributed by atoms with Gasteiger partial charge in [0.25, 0.3) is 0 Å². The Hall–Kier alpha value is -1.77. The van der Waals surface area contributed by atoms with Crippen molar-refractivity contribution in [3.8, 4) is 0 Å². The molecule has 0 aliphatic rings. The van der Waals surface area contributed by atoms with E-state index >= 15 is 0 Å². The van der Waals surface area contributed by atoms with Crippen LogP contribution in [0.2, 0.25) is 0 Å². The molecule has 0 rings (SSSR count). The molecule has 3 N–H and O–H groups in total. The number of ether oxygens (including phenoxy) is 2. The van der Waals surface area contributed by atoms with Crippen molar-refractivity contribution in [1.29, 1.82) is 0 Å². The Morgan fingerprint density at radius 1 is 1.17 bits per heavy atom. The van der Waals surface area contributed by atoms with Gasteiger partial charge in [0.1, 0.15) is 12.3 Å². The van der Waals surface area contributed by atoms with E-state index in [1.807, 2.05) is 27.0 Å². The molecular weight excluding hydrogens is 388 g/mol. The predicted molar refractivity (Wildman–Crippen MR) is 121 cm³/mol. The molecule has 0 aromatic carbocycles. The van der Waals surface area contributed by atoms with Crippen LogP contribution in [0, 0.1) is 11.3 Å². The molecule has 178 valence electrons. The summed E-state index contributed by atoms with van der Waals surface area (Å²) in [6, 6.07) is -0.915. The largest absolute Gasteiger partial charge is 0.480 e. The van der Waals surface area contributed by atoms with E-state index in [1.54, 1.807) is 13.8 Å². The maximum Gasteiger partial charge on any atom is 0.326 e. The highest BCUT2D eigenvalue weighted by Crippen LogP contribution is 2.20. The van der Waals surface area contributed by atoms with E-state index in [0.717, 1.165) is 26.0 Å². The number of carboxylic acids is 1. The quantitative estimate of drug-likeness (QED) is 0.207. The molecule has 30 heavy (non-hydrogen) atoms. The molecule has 0 aliphatic heterocycles. The Kier molecular flexibility index (Phi) is 24.0. The van der Waals surface area contributed by atoms with Crippen molar-refractivity contribution >= 4 is 18.2 Å². The van der Waals surface area contributed by atoms with Crippen LogP contribution < -0.4 is 10.6 Å². The fourth-order valence-corrected chi connectivity index (χ4v) is 1.81. The Morgan fingerprint density at radius 3 is 2.17 bits per heavy atom. The van der Waals surface area contributed by atoms with Crippen molar-refractivity contribution in [2.45, 2.75) is 60.4 Å². The number of likely N-dealkylation sites (N-methyl/N-ethyl adjacent to an activating group) is 1. The third-order valence-corrected chi connectivity index (χ3v) is 3.72. The molecule has 0 aromatic heterocycles. The number of aliphatic carboxylic acids is 1. The van der Waals surface area contributed by atoms with Crippen molar-refractivity contribution in [2.24, 2.45) is 11.3 Å². The molecule has 1 amide bonds. The molecule has 0 aromatic rings. The van der Waals surface area contributed by atoms with Gasteiger partial charge in [-0.2, -0.15) is 0 Å². The average molecular weight is 433 g/mol. The molecular formula is C22H44N2O6. The summed E-state index contributed by atoms with van der Waals surface area (Å²) >= 11 is 0. The molecule has 0 aliphatic carbocycles. The Labute approximate surface area is 182 Å². The van der Waals surface area contributed by atoms with E-state index in [9.17, 15) is 14.4 Å². The lowest BCUT2D eigenvalue weighted by atomic mass is 9.88. The first-order valence-electron chi connectivity index (χ1n) is 10.5. The second kappa shape index (κ2) is 21.9. The summed E-state index contributed by atoms with van der Waals surface area (Å²) < 4.78 is 10.6. The van der Waals surface area contributed by atoms with Crippen LogP contribution >= 0.6 is 0 Å². The molecule has 8 heteroatoms. The maximum atomic E-state index is 10.7. The van der Waals surface area contributed by atoms with Gasteiger partial charge in [-0.1, -0.05) is 40.7 Å². The standard InChI is InChI=1S/C10H17NO4.C10H21NO2.C2H6/c1-7(13)11-8(9(14)15)4-5-10(2,3)6-12;1-4-10(2)9-13-8-7-12-6-5-11-3;1-2/h6,8H,4-5H2,1-3H3,(H,11,13)(H,14,15);4,10-11H,1,5-9H2,2-3H3;1-2H3. The number of hydrogen-bond donors (Lipinski definition) is 3. The topological polar surface area (TPSA) is 114 Å². The molecule has 0 fully saturated rings. The number of carbonyl (C=O) groups is 3. The highest BCUT2D eigenvalue weighted by atomic mass is 16.5. The molecule has 8 nitrogen and oxygen atoms in total. The lowest BCUT2D eigenvalue weighted by molar-refractivity contribution is -0.142. The first-order chi connectivity index (χ1) is 14.1. The van der Waals surface area contributed by atoms with Crippen LogP contribution in [0.5, 0.6) is 0 Å². The normalized spacial score (nSPS) is 12.2. The summed E-state index contributed by atoms with van der Waals surface area (Å²) in [6.45, 7) is 18.2. The number of rotatable bonds is 15. The highest BCUT2D eigenvalue weighted by Gasteiger charge is 2.23. The fourth-order valence-electron chi connectivity index (χ4n) is 1.81. The smallest absolute Gasteiger partial charge is 0.326 e. The number of carboxylic acid groups (broad SMARTS) is 1. The fraction of sp³-hybridized carbons (Fsp3) is 0.773. The van der Waals surface area contributed by atoms with Crippen molar-refractivity contribution in [3.05, 3.63) is 12.7 Å². The molecule has 2 atom stereocenters. The Balaban J connectivity index is -0.000000452. The van der Waals surface area contributed by atoms with Crippen molar-refractivity contribution in [1.82, 2.24) is 10.6 Å². The summed E-state index contributed by atoms with van der Waals surface area (Å²) in [5.74, 6) is -1.03. The van der Waals surface area contributed by atoms with E-state index in [0.29, 0.717) is 25.6 Å². The zero-order valence-electron chi connectivity index (χ0n) is 20.0. The molecule has 0 spiro atoms. The average Bonchev–Trinajstić information content (AvgIpc) is 2.71. The Morgan fingerprint density at radius 2 is 1.73 bits per heavy atom. The summed E-state index contributed by atoms with van der Waals surface area (Å²) in [5.41, 5.74) is -0.549. The number of carbonyl (C=O) groups excluding carboxylic acids is 2. The van der Waals surface area contributed by atoms with Gasteiger partial charge in [-0.25, -0.2) is 4.79 Å².